The van der Waals surface area contributed by atoms with Gasteiger partial charge < -0.3 is 14.8 Å². The summed E-state index contributed by atoms with van der Waals surface area (Å²) in [5.41, 5.74) is 1.24. The molecule has 1 atom stereocenters. The van der Waals surface area contributed by atoms with Crippen LogP contribution < -0.4 is 5.32 Å². The fourth-order valence-corrected chi connectivity index (χ4v) is 3.13. The molecule has 1 aliphatic rings. The van der Waals surface area contributed by atoms with E-state index in [9.17, 15) is 4.39 Å². The molecule has 4 rings (SSSR count). The highest BCUT2D eigenvalue weighted by Crippen LogP contribution is 2.34. The molecule has 1 aromatic carbocycles. The Morgan fingerprint density at radius 2 is 2.30 bits per heavy atom. The molecule has 23 heavy (non-hydrogen) atoms. The Kier molecular flexibility index (Phi) is 3.56. The number of fused-ring (bicyclic) bond motifs is 1. The van der Waals surface area contributed by atoms with Crippen molar-refractivity contribution < 1.29 is 8.91 Å². The molecule has 1 fully saturated rings. The molecule has 8 heteroatoms. The summed E-state index contributed by atoms with van der Waals surface area (Å²) in [6.45, 7) is 2.62. The predicted molar refractivity (Wildman–Crippen MR) is 84.8 cm³/mol. The van der Waals surface area contributed by atoms with Crippen LogP contribution in [-0.2, 0) is 0 Å². The van der Waals surface area contributed by atoms with E-state index in [4.69, 9.17) is 16.1 Å². The number of likely N-dealkylation sites (N-methyl/N-ethyl adjacent to an activating group) is 1. The molecule has 1 aliphatic heterocycles. The molecule has 1 saturated heterocycles. The first-order chi connectivity index (χ1) is 11.1. The van der Waals surface area contributed by atoms with Crippen LogP contribution in [0.4, 0.5) is 4.39 Å². The van der Waals surface area contributed by atoms with Crippen molar-refractivity contribution in [1.82, 2.24) is 25.3 Å². The van der Waals surface area contributed by atoms with Crippen molar-refractivity contribution in [2.24, 2.45) is 0 Å². The molecule has 0 aliphatic carbocycles. The summed E-state index contributed by atoms with van der Waals surface area (Å²) in [5, 5.41) is 8.36. The maximum Gasteiger partial charge on any atom is 0.275 e. The van der Waals surface area contributed by atoms with E-state index in [1.165, 1.54) is 12.1 Å². The number of nitrogens with zero attached hydrogens (tertiary/aromatic N) is 3. The molecule has 2 N–H and O–H groups in total. The van der Waals surface area contributed by atoms with Gasteiger partial charge in [-0.15, -0.1) is 0 Å². The van der Waals surface area contributed by atoms with Gasteiger partial charge in [0.1, 0.15) is 11.5 Å². The normalized spacial score (nSPS) is 19.5. The highest BCUT2D eigenvalue weighted by Gasteiger charge is 2.26. The minimum absolute atomic E-state index is 0.0573. The Morgan fingerprint density at radius 1 is 1.43 bits per heavy atom. The first-order valence-corrected chi connectivity index (χ1v) is 7.73. The van der Waals surface area contributed by atoms with E-state index in [0.29, 0.717) is 27.8 Å². The summed E-state index contributed by atoms with van der Waals surface area (Å²) < 4.78 is 18.7. The molecular formula is C15H15ClFN5O. The Balaban J connectivity index is 1.73. The van der Waals surface area contributed by atoms with Crippen LogP contribution >= 0.6 is 11.6 Å². The number of nitrogens with one attached hydrogen (secondary N) is 2. The first kappa shape index (κ1) is 14.6. The van der Waals surface area contributed by atoms with Gasteiger partial charge >= 0.3 is 0 Å². The van der Waals surface area contributed by atoms with Crippen molar-refractivity contribution >= 4 is 22.5 Å². The SMILES string of the molecule is CN1CCNCC1c1noc(-c2[nH]c3ccc(F)cc3c2Cl)n1. The molecule has 2 aromatic heterocycles. The largest absolute Gasteiger partial charge is 0.349 e. The second-order valence-corrected chi connectivity index (χ2v) is 6.04. The summed E-state index contributed by atoms with van der Waals surface area (Å²) in [6.07, 6.45) is 0. The van der Waals surface area contributed by atoms with E-state index in [1.54, 1.807) is 6.07 Å². The maximum absolute atomic E-state index is 13.4. The van der Waals surface area contributed by atoms with E-state index < -0.39 is 0 Å². The topological polar surface area (TPSA) is 70.0 Å². The number of hydrogen-bond donors (Lipinski definition) is 2. The van der Waals surface area contributed by atoms with Crippen LogP contribution in [0.15, 0.2) is 22.7 Å². The van der Waals surface area contributed by atoms with Crippen molar-refractivity contribution in [2.45, 2.75) is 6.04 Å². The Bertz CT molecular complexity index is 861. The van der Waals surface area contributed by atoms with Crippen LogP contribution in [0.3, 0.4) is 0 Å². The van der Waals surface area contributed by atoms with E-state index in [-0.39, 0.29) is 11.9 Å². The number of hydrogen-bond acceptors (Lipinski definition) is 5. The summed E-state index contributed by atoms with van der Waals surface area (Å²) in [4.78, 5) is 9.75. The van der Waals surface area contributed by atoms with Crippen LogP contribution in [0.5, 0.6) is 0 Å². The van der Waals surface area contributed by atoms with Crippen molar-refractivity contribution in [3.05, 3.63) is 34.9 Å². The van der Waals surface area contributed by atoms with Crippen molar-refractivity contribution in [3.63, 3.8) is 0 Å². The van der Waals surface area contributed by atoms with Crippen molar-refractivity contribution in [2.75, 3.05) is 26.7 Å². The van der Waals surface area contributed by atoms with E-state index in [2.05, 4.69) is 25.3 Å². The van der Waals surface area contributed by atoms with Crippen molar-refractivity contribution in [3.8, 4) is 11.6 Å². The molecule has 0 bridgehead atoms. The second-order valence-electron chi connectivity index (χ2n) is 5.66. The lowest BCUT2D eigenvalue weighted by Crippen LogP contribution is -2.44. The van der Waals surface area contributed by atoms with Gasteiger partial charge in [-0.25, -0.2) is 4.39 Å². The third-order valence-corrected chi connectivity index (χ3v) is 4.55. The predicted octanol–water partition coefficient (Wildman–Crippen LogP) is 2.59. The second kappa shape index (κ2) is 5.59. The molecule has 0 amide bonds. The van der Waals surface area contributed by atoms with Gasteiger partial charge in [0.15, 0.2) is 5.82 Å². The Labute approximate surface area is 136 Å². The van der Waals surface area contributed by atoms with Gasteiger partial charge in [0.05, 0.1) is 11.1 Å². The number of rotatable bonds is 2. The van der Waals surface area contributed by atoms with Crippen LogP contribution in [0.2, 0.25) is 5.02 Å². The number of H-pyrrole nitrogens is 1. The van der Waals surface area contributed by atoms with Crippen LogP contribution in [0, 0.1) is 5.82 Å². The van der Waals surface area contributed by atoms with Gasteiger partial charge in [-0.2, -0.15) is 4.98 Å². The highest BCUT2D eigenvalue weighted by atomic mass is 35.5. The summed E-state index contributed by atoms with van der Waals surface area (Å²) in [5.74, 6) is 0.572. The van der Waals surface area contributed by atoms with Gasteiger partial charge in [-0.3, -0.25) is 4.90 Å². The average molecular weight is 336 g/mol. The number of piperazine rings is 1. The Morgan fingerprint density at radius 3 is 3.13 bits per heavy atom. The monoisotopic (exact) mass is 335 g/mol. The van der Waals surface area contributed by atoms with Gasteiger partial charge in [0, 0.05) is 30.5 Å². The molecule has 3 aromatic rings. The Hall–Kier alpha value is -1.96. The zero-order chi connectivity index (χ0) is 16.0. The van der Waals surface area contributed by atoms with Gasteiger partial charge in [0.2, 0.25) is 0 Å². The third-order valence-electron chi connectivity index (χ3n) is 4.16. The number of benzene rings is 1. The highest BCUT2D eigenvalue weighted by molar-refractivity contribution is 6.38. The molecular weight excluding hydrogens is 321 g/mol. The summed E-state index contributed by atoms with van der Waals surface area (Å²) in [6, 6.07) is 4.45. The zero-order valence-corrected chi connectivity index (χ0v) is 13.2. The standard InChI is InChI=1S/C15H15ClFN5O/c1-22-5-4-18-7-11(22)14-20-15(23-21-14)13-12(16)9-6-8(17)2-3-10(9)19-13/h2-3,6,11,18-19H,4-5,7H2,1H3. The third kappa shape index (κ3) is 2.50. The van der Waals surface area contributed by atoms with E-state index >= 15 is 0 Å². The minimum Gasteiger partial charge on any atom is -0.349 e. The fraction of sp³-hybridized carbons (Fsp3) is 0.333. The van der Waals surface area contributed by atoms with Gasteiger partial charge in [0.25, 0.3) is 5.89 Å². The smallest absolute Gasteiger partial charge is 0.275 e. The lowest BCUT2D eigenvalue weighted by atomic mass is 10.2. The number of halogens is 2. The molecule has 120 valence electrons. The van der Waals surface area contributed by atoms with Crippen molar-refractivity contribution in [1.29, 1.82) is 0 Å². The molecule has 6 nitrogen and oxygen atoms in total. The minimum atomic E-state index is -0.342. The van der Waals surface area contributed by atoms with Gasteiger partial charge in [-0.05, 0) is 25.2 Å². The molecule has 0 radical (unpaired) electrons. The quantitative estimate of drug-likeness (QED) is 0.753. The first-order valence-electron chi connectivity index (χ1n) is 7.35. The van der Waals surface area contributed by atoms with E-state index in [1.807, 2.05) is 7.05 Å². The average Bonchev–Trinajstić information content (AvgIpc) is 3.13. The van der Waals surface area contributed by atoms with Crippen LogP contribution in [0.25, 0.3) is 22.5 Å². The summed E-state index contributed by atoms with van der Waals surface area (Å²) in [7, 11) is 2.03. The van der Waals surface area contributed by atoms with Crippen LogP contribution in [0.1, 0.15) is 11.9 Å². The lowest BCUT2D eigenvalue weighted by Gasteiger charge is -2.30. The molecule has 0 spiro atoms. The lowest BCUT2D eigenvalue weighted by molar-refractivity contribution is 0.190. The molecule has 1 unspecified atom stereocenters. The van der Waals surface area contributed by atoms with Crippen LogP contribution in [-0.4, -0.2) is 46.7 Å². The molecule has 3 heterocycles. The van der Waals surface area contributed by atoms with Gasteiger partial charge in [-0.1, -0.05) is 16.8 Å². The number of aromatic nitrogens is 3. The van der Waals surface area contributed by atoms with E-state index in [0.717, 1.165) is 25.2 Å². The number of aromatic amines is 1. The maximum atomic E-state index is 13.4. The zero-order valence-electron chi connectivity index (χ0n) is 12.4. The molecule has 0 saturated carbocycles. The fourth-order valence-electron chi connectivity index (χ4n) is 2.84. The summed E-state index contributed by atoms with van der Waals surface area (Å²) >= 11 is 6.34.